The van der Waals surface area contributed by atoms with Crippen molar-refractivity contribution in [1.29, 1.82) is 0 Å². The standard InChI is InChI=1S/C21H20N2O5/c1-12-14(8-7-13-5-4-6-15(27-2)18(13)28-3)22-17-9-10-21(20(25)26)11-16(21)23(17)19(12)24/h4-10,16H,11H2,1-3H3,(H,25,26)/b8-7+. The zero-order valence-electron chi connectivity index (χ0n) is 15.8. The number of aromatic nitrogens is 2. The molecule has 4 rings (SSSR count). The van der Waals surface area contributed by atoms with Crippen LogP contribution in [0.25, 0.3) is 18.2 Å². The van der Waals surface area contributed by atoms with Crippen molar-refractivity contribution in [3.63, 3.8) is 0 Å². The van der Waals surface area contributed by atoms with Gasteiger partial charge in [-0.1, -0.05) is 18.2 Å². The van der Waals surface area contributed by atoms with Gasteiger partial charge in [-0.05, 0) is 37.6 Å². The van der Waals surface area contributed by atoms with Crippen LogP contribution >= 0.6 is 0 Å². The zero-order valence-corrected chi connectivity index (χ0v) is 15.8. The zero-order chi connectivity index (χ0) is 20.1. The number of benzene rings is 1. The van der Waals surface area contributed by atoms with Gasteiger partial charge in [-0.2, -0.15) is 0 Å². The van der Waals surface area contributed by atoms with Crippen LogP contribution in [-0.4, -0.2) is 34.8 Å². The number of hydrogen-bond donors (Lipinski definition) is 1. The van der Waals surface area contributed by atoms with Gasteiger partial charge in [0.05, 0.1) is 26.0 Å². The first-order valence-corrected chi connectivity index (χ1v) is 8.88. The second kappa shape index (κ2) is 6.37. The monoisotopic (exact) mass is 380 g/mol. The highest BCUT2D eigenvalue weighted by Gasteiger charge is 2.62. The first-order valence-electron chi connectivity index (χ1n) is 8.88. The van der Waals surface area contributed by atoms with Gasteiger partial charge in [0.2, 0.25) is 0 Å². The van der Waals surface area contributed by atoms with Crippen molar-refractivity contribution in [3.8, 4) is 11.5 Å². The molecule has 2 atom stereocenters. The molecule has 0 bridgehead atoms. The number of methoxy groups -OCH3 is 2. The SMILES string of the molecule is COc1cccc(/C=C/c2nc3n(c(=O)c2C)C2CC2(C(=O)O)C=C3)c1OC. The molecule has 2 heterocycles. The van der Waals surface area contributed by atoms with E-state index < -0.39 is 11.4 Å². The molecule has 28 heavy (non-hydrogen) atoms. The van der Waals surface area contributed by atoms with Crippen LogP contribution in [0.1, 0.15) is 35.1 Å². The number of carboxylic acids is 1. The molecular weight excluding hydrogens is 360 g/mol. The Morgan fingerprint density at radius 2 is 2.11 bits per heavy atom. The number of fused-ring (bicyclic) bond motifs is 3. The van der Waals surface area contributed by atoms with E-state index in [1.54, 1.807) is 45.4 Å². The Morgan fingerprint density at radius 3 is 2.79 bits per heavy atom. The summed E-state index contributed by atoms with van der Waals surface area (Å²) in [6, 6.07) is 5.18. The minimum Gasteiger partial charge on any atom is -0.493 e. The molecule has 0 amide bonds. The van der Waals surface area contributed by atoms with Crippen LogP contribution in [0.2, 0.25) is 0 Å². The number of ether oxygens (including phenoxy) is 2. The van der Waals surface area contributed by atoms with E-state index in [2.05, 4.69) is 4.98 Å². The highest BCUT2D eigenvalue weighted by atomic mass is 16.5. The number of aliphatic carboxylic acids is 1. The molecule has 144 valence electrons. The van der Waals surface area contributed by atoms with Crippen LogP contribution < -0.4 is 15.0 Å². The average Bonchev–Trinajstić information content (AvgIpc) is 3.45. The summed E-state index contributed by atoms with van der Waals surface area (Å²) in [5.74, 6) is 0.782. The predicted octanol–water partition coefficient (Wildman–Crippen LogP) is 2.78. The topological polar surface area (TPSA) is 90.7 Å². The van der Waals surface area contributed by atoms with E-state index in [9.17, 15) is 14.7 Å². The molecule has 7 nitrogen and oxygen atoms in total. The first-order chi connectivity index (χ1) is 13.4. The summed E-state index contributed by atoms with van der Waals surface area (Å²) in [6.07, 6.45) is 7.27. The lowest BCUT2D eigenvalue weighted by atomic mass is 10.0. The van der Waals surface area contributed by atoms with E-state index >= 15 is 0 Å². The van der Waals surface area contributed by atoms with E-state index in [1.807, 2.05) is 18.2 Å². The van der Waals surface area contributed by atoms with Crippen LogP contribution in [0.3, 0.4) is 0 Å². The Labute approximate surface area is 161 Å². The minimum absolute atomic E-state index is 0.209. The molecule has 1 aliphatic carbocycles. The third-order valence-electron chi connectivity index (χ3n) is 5.47. The summed E-state index contributed by atoms with van der Waals surface area (Å²) < 4.78 is 12.2. The molecule has 0 saturated heterocycles. The van der Waals surface area contributed by atoms with Gasteiger partial charge in [0.25, 0.3) is 5.56 Å². The van der Waals surface area contributed by atoms with Gasteiger partial charge < -0.3 is 14.6 Å². The summed E-state index contributed by atoms with van der Waals surface area (Å²) in [5, 5.41) is 9.46. The Kier molecular flexibility index (Phi) is 4.10. The van der Waals surface area contributed by atoms with Crippen molar-refractivity contribution < 1.29 is 19.4 Å². The average molecular weight is 380 g/mol. The van der Waals surface area contributed by atoms with E-state index in [-0.39, 0.29) is 11.6 Å². The molecule has 0 spiro atoms. The molecule has 1 aromatic carbocycles. The van der Waals surface area contributed by atoms with Crippen molar-refractivity contribution in [2.24, 2.45) is 5.41 Å². The minimum atomic E-state index is -0.962. The predicted molar refractivity (Wildman–Crippen MR) is 104 cm³/mol. The number of nitrogens with zero attached hydrogens (tertiary/aromatic N) is 2. The van der Waals surface area contributed by atoms with E-state index in [4.69, 9.17) is 9.47 Å². The molecular formula is C21H20N2O5. The maximum absolute atomic E-state index is 12.9. The third-order valence-corrected chi connectivity index (χ3v) is 5.47. The first kappa shape index (κ1) is 18.0. The Morgan fingerprint density at radius 1 is 1.32 bits per heavy atom. The van der Waals surface area contributed by atoms with E-state index in [1.165, 1.54) is 4.57 Å². The second-order valence-corrected chi connectivity index (χ2v) is 6.97. The number of rotatable bonds is 5. The summed E-state index contributed by atoms with van der Waals surface area (Å²) in [4.78, 5) is 29.0. The highest BCUT2D eigenvalue weighted by molar-refractivity contribution is 5.84. The van der Waals surface area contributed by atoms with Gasteiger partial charge in [-0.25, -0.2) is 4.98 Å². The molecule has 1 aromatic heterocycles. The number of para-hydroxylation sites is 1. The highest BCUT2D eigenvalue weighted by Crippen LogP contribution is 2.59. The molecule has 2 aromatic rings. The third kappa shape index (κ3) is 2.54. The normalized spacial score (nSPS) is 21.9. The molecule has 2 unspecified atom stereocenters. The van der Waals surface area contributed by atoms with Crippen molar-refractivity contribution in [2.75, 3.05) is 14.2 Å². The van der Waals surface area contributed by atoms with Crippen LogP contribution in [0.15, 0.2) is 29.1 Å². The van der Waals surface area contributed by atoms with Crippen molar-refractivity contribution in [1.82, 2.24) is 9.55 Å². The van der Waals surface area contributed by atoms with Crippen LogP contribution in [0, 0.1) is 12.3 Å². The Bertz CT molecular complexity index is 1100. The van der Waals surface area contributed by atoms with E-state index in [0.717, 1.165) is 5.56 Å². The lowest BCUT2D eigenvalue weighted by Gasteiger charge is -2.18. The molecule has 1 saturated carbocycles. The molecule has 2 aliphatic rings. The fraction of sp³-hybridized carbons (Fsp3) is 0.286. The van der Waals surface area contributed by atoms with Crippen LogP contribution in [-0.2, 0) is 4.79 Å². The van der Waals surface area contributed by atoms with Crippen molar-refractivity contribution in [2.45, 2.75) is 19.4 Å². The van der Waals surface area contributed by atoms with Crippen LogP contribution in [0.5, 0.6) is 11.5 Å². The van der Waals surface area contributed by atoms with Gasteiger partial charge in [0, 0.05) is 11.1 Å². The van der Waals surface area contributed by atoms with Crippen LogP contribution in [0.4, 0.5) is 0 Å². The summed E-state index contributed by atoms with van der Waals surface area (Å²) in [6.45, 7) is 1.70. The Balaban J connectivity index is 1.75. The lowest BCUT2D eigenvalue weighted by Crippen LogP contribution is -2.31. The van der Waals surface area contributed by atoms with Crippen molar-refractivity contribution in [3.05, 3.63) is 57.3 Å². The largest absolute Gasteiger partial charge is 0.493 e. The van der Waals surface area contributed by atoms with Gasteiger partial charge in [0.15, 0.2) is 11.5 Å². The fourth-order valence-electron chi connectivity index (χ4n) is 3.73. The maximum Gasteiger partial charge on any atom is 0.315 e. The molecule has 7 heteroatoms. The van der Waals surface area contributed by atoms with Gasteiger partial charge in [-0.3, -0.25) is 14.2 Å². The second-order valence-electron chi connectivity index (χ2n) is 6.97. The van der Waals surface area contributed by atoms with Gasteiger partial charge in [0.1, 0.15) is 11.2 Å². The number of carbonyl (C=O) groups is 1. The smallest absolute Gasteiger partial charge is 0.315 e. The molecule has 1 N–H and O–H groups in total. The number of hydrogen-bond acceptors (Lipinski definition) is 5. The van der Waals surface area contributed by atoms with Crippen molar-refractivity contribution >= 4 is 24.2 Å². The lowest BCUT2D eigenvalue weighted by molar-refractivity contribution is -0.141. The maximum atomic E-state index is 12.9. The molecule has 0 radical (unpaired) electrons. The molecule has 1 aliphatic heterocycles. The molecule has 1 fully saturated rings. The Hall–Kier alpha value is -3.35. The fourth-order valence-corrected chi connectivity index (χ4v) is 3.73. The summed E-state index contributed by atoms with van der Waals surface area (Å²) in [7, 11) is 3.14. The quantitative estimate of drug-likeness (QED) is 0.858. The van der Waals surface area contributed by atoms with Gasteiger partial charge in [-0.15, -0.1) is 0 Å². The van der Waals surface area contributed by atoms with E-state index in [0.29, 0.717) is 35.0 Å². The van der Waals surface area contributed by atoms with Gasteiger partial charge >= 0.3 is 5.97 Å². The summed E-state index contributed by atoms with van der Waals surface area (Å²) in [5.41, 5.74) is 0.636. The number of carboxylic acid groups (broad SMARTS) is 1. The summed E-state index contributed by atoms with van der Waals surface area (Å²) >= 11 is 0.